The SMILES string of the molecule is CCS1(CC)C(C=CC=C2Nc3ccccc3S2)=Nc2ccccc21. The van der Waals surface area contributed by atoms with Gasteiger partial charge in [-0.3, -0.25) is 0 Å². The molecule has 0 amide bonds. The number of allylic oxidation sites excluding steroid dienone is 2. The molecule has 0 unspecified atom stereocenters. The summed E-state index contributed by atoms with van der Waals surface area (Å²) in [5, 5.41) is 5.89. The fourth-order valence-corrected chi connectivity index (χ4v) is 7.64. The highest BCUT2D eigenvalue weighted by atomic mass is 32.3. The molecular formula is C21H22N2S2. The van der Waals surface area contributed by atoms with Crippen molar-refractivity contribution in [3.8, 4) is 0 Å². The van der Waals surface area contributed by atoms with E-state index >= 15 is 0 Å². The minimum absolute atomic E-state index is 0.980. The van der Waals surface area contributed by atoms with Crippen molar-refractivity contribution in [2.45, 2.75) is 23.6 Å². The molecule has 128 valence electrons. The summed E-state index contributed by atoms with van der Waals surface area (Å²) >= 11 is 1.78. The van der Waals surface area contributed by atoms with Gasteiger partial charge in [0.15, 0.2) is 0 Å². The number of benzene rings is 2. The van der Waals surface area contributed by atoms with Crippen molar-refractivity contribution in [2.24, 2.45) is 4.99 Å². The average Bonchev–Trinajstić information content (AvgIpc) is 3.20. The molecule has 2 aromatic carbocycles. The minimum atomic E-state index is -0.980. The van der Waals surface area contributed by atoms with Crippen molar-refractivity contribution < 1.29 is 0 Å². The van der Waals surface area contributed by atoms with Crippen LogP contribution in [0, 0.1) is 0 Å². The van der Waals surface area contributed by atoms with E-state index in [0.717, 1.165) is 17.2 Å². The van der Waals surface area contributed by atoms with Gasteiger partial charge < -0.3 is 5.32 Å². The first kappa shape index (κ1) is 16.6. The number of aliphatic imine (C=N–C) groups is 1. The smallest absolute Gasteiger partial charge is 0.0838 e. The quantitative estimate of drug-likeness (QED) is 0.663. The zero-order valence-corrected chi connectivity index (χ0v) is 16.2. The monoisotopic (exact) mass is 366 g/mol. The van der Waals surface area contributed by atoms with Crippen LogP contribution in [0.15, 0.2) is 86.6 Å². The molecule has 0 spiro atoms. The highest BCUT2D eigenvalue weighted by molar-refractivity contribution is 8.46. The number of fused-ring (bicyclic) bond motifs is 2. The van der Waals surface area contributed by atoms with Gasteiger partial charge >= 0.3 is 0 Å². The number of nitrogens with one attached hydrogen (secondary N) is 1. The van der Waals surface area contributed by atoms with Crippen molar-refractivity contribution in [2.75, 3.05) is 16.8 Å². The first-order valence-electron chi connectivity index (χ1n) is 8.65. The van der Waals surface area contributed by atoms with Crippen LogP contribution in [0.25, 0.3) is 0 Å². The molecule has 0 saturated heterocycles. The Hall–Kier alpha value is -1.91. The molecule has 0 saturated carbocycles. The molecule has 4 rings (SSSR count). The van der Waals surface area contributed by atoms with Gasteiger partial charge in [-0.15, -0.1) is 0 Å². The number of hydrogen-bond donors (Lipinski definition) is 1. The van der Waals surface area contributed by atoms with Crippen LogP contribution in [0.3, 0.4) is 0 Å². The van der Waals surface area contributed by atoms with Crippen LogP contribution in [-0.4, -0.2) is 16.5 Å². The molecule has 2 heterocycles. The van der Waals surface area contributed by atoms with E-state index in [0.29, 0.717) is 0 Å². The van der Waals surface area contributed by atoms with Gasteiger partial charge in [-0.25, -0.2) is 4.99 Å². The predicted molar refractivity (Wildman–Crippen MR) is 114 cm³/mol. The second-order valence-electron chi connectivity index (χ2n) is 5.99. The number of rotatable bonds is 4. The second-order valence-corrected chi connectivity index (χ2v) is 10.9. The number of anilines is 1. The van der Waals surface area contributed by atoms with E-state index in [1.54, 1.807) is 11.8 Å². The molecular weight excluding hydrogens is 344 g/mol. The molecule has 1 N–H and O–H groups in total. The summed E-state index contributed by atoms with van der Waals surface area (Å²) in [6.07, 6.45) is 6.53. The Balaban J connectivity index is 1.59. The lowest BCUT2D eigenvalue weighted by atomic mass is 10.3. The molecule has 0 fully saturated rings. The maximum Gasteiger partial charge on any atom is 0.0838 e. The number of para-hydroxylation sites is 2. The van der Waals surface area contributed by atoms with Crippen LogP contribution < -0.4 is 5.32 Å². The topological polar surface area (TPSA) is 24.4 Å². The predicted octanol–water partition coefficient (Wildman–Crippen LogP) is 6.55. The van der Waals surface area contributed by atoms with E-state index < -0.39 is 10.0 Å². The average molecular weight is 367 g/mol. The Labute approximate surface area is 155 Å². The van der Waals surface area contributed by atoms with Crippen molar-refractivity contribution in [1.82, 2.24) is 0 Å². The Morgan fingerprint density at radius 2 is 1.80 bits per heavy atom. The molecule has 2 aliphatic heterocycles. The third-order valence-electron chi connectivity index (χ3n) is 4.75. The minimum Gasteiger partial charge on any atom is -0.349 e. The van der Waals surface area contributed by atoms with Gasteiger partial charge in [0.2, 0.25) is 0 Å². The highest BCUT2D eigenvalue weighted by Crippen LogP contribution is 2.64. The summed E-state index contributed by atoms with van der Waals surface area (Å²) in [6.45, 7) is 4.60. The summed E-state index contributed by atoms with van der Waals surface area (Å²) in [5.41, 5.74) is 2.36. The molecule has 0 aliphatic carbocycles. The maximum absolute atomic E-state index is 4.96. The molecule has 0 atom stereocenters. The van der Waals surface area contributed by atoms with Crippen LogP contribution in [0.1, 0.15) is 13.8 Å². The molecule has 2 nitrogen and oxygen atoms in total. The van der Waals surface area contributed by atoms with Crippen molar-refractivity contribution in [1.29, 1.82) is 0 Å². The summed E-state index contributed by atoms with van der Waals surface area (Å²) in [6, 6.07) is 17.1. The van der Waals surface area contributed by atoms with E-state index in [1.807, 2.05) is 0 Å². The lowest BCUT2D eigenvalue weighted by Gasteiger charge is -2.34. The first-order valence-corrected chi connectivity index (χ1v) is 11.4. The molecule has 2 aromatic rings. The molecule has 0 aromatic heterocycles. The zero-order chi connectivity index (χ0) is 17.3. The zero-order valence-electron chi connectivity index (χ0n) is 14.5. The Kier molecular flexibility index (Phi) is 4.48. The normalized spacial score (nSPS) is 20.2. The molecule has 0 radical (unpaired) electrons. The van der Waals surface area contributed by atoms with Crippen LogP contribution in [-0.2, 0) is 0 Å². The fourth-order valence-electron chi connectivity index (χ4n) is 3.41. The van der Waals surface area contributed by atoms with Gasteiger partial charge in [0.1, 0.15) is 0 Å². The Bertz CT molecular complexity index is 865. The van der Waals surface area contributed by atoms with Gasteiger partial charge in [0.25, 0.3) is 0 Å². The number of nitrogens with zero attached hydrogens (tertiary/aromatic N) is 1. The molecule has 4 heteroatoms. The van der Waals surface area contributed by atoms with Gasteiger partial charge in [-0.1, -0.05) is 56.0 Å². The van der Waals surface area contributed by atoms with Gasteiger partial charge in [-0.2, -0.15) is 10.0 Å². The molecule has 2 aliphatic rings. The van der Waals surface area contributed by atoms with E-state index in [-0.39, 0.29) is 0 Å². The van der Waals surface area contributed by atoms with Crippen LogP contribution in [0.2, 0.25) is 0 Å². The van der Waals surface area contributed by atoms with Crippen LogP contribution in [0.5, 0.6) is 0 Å². The van der Waals surface area contributed by atoms with E-state index in [1.165, 1.54) is 25.6 Å². The van der Waals surface area contributed by atoms with E-state index in [9.17, 15) is 0 Å². The first-order chi connectivity index (χ1) is 12.3. The van der Waals surface area contributed by atoms with Crippen molar-refractivity contribution in [3.63, 3.8) is 0 Å². The summed E-state index contributed by atoms with van der Waals surface area (Å²) in [7, 11) is -0.980. The van der Waals surface area contributed by atoms with E-state index in [4.69, 9.17) is 4.99 Å². The van der Waals surface area contributed by atoms with Crippen molar-refractivity contribution in [3.05, 3.63) is 71.8 Å². The summed E-state index contributed by atoms with van der Waals surface area (Å²) in [5.74, 6) is 2.30. The number of hydrogen-bond acceptors (Lipinski definition) is 3. The lowest BCUT2D eigenvalue weighted by Crippen LogP contribution is -2.12. The van der Waals surface area contributed by atoms with Crippen LogP contribution in [0.4, 0.5) is 11.4 Å². The third-order valence-corrected chi connectivity index (χ3v) is 9.97. The third kappa shape index (κ3) is 2.83. The van der Waals surface area contributed by atoms with Gasteiger partial charge in [0.05, 0.1) is 21.4 Å². The van der Waals surface area contributed by atoms with E-state index in [2.05, 4.69) is 85.9 Å². The number of thioether (sulfide) groups is 1. The standard InChI is InChI=1S/C21H22N2S2/c1-3-25(4-2)19-13-8-6-11-17(19)23-21(25)15-9-14-20-22-16-10-5-7-12-18(16)24-20/h5-15,22H,3-4H2,1-2H3. The second kappa shape index (κ2) is 6.77. The van der Waals surface area contributed by atoms with Gasteiger partial charge in [0, 0.05) is 9.79 Å². The Morgan fingerprint density at radius 3 is 2.60 bits per heavy atom. The largest absolute Gasteiger partial charge is 0.349 e. The van der Waals surface area contributed by atoms with Crippen LogP contribution >= 0.6 is 21.8 Å². The summed E-state index contributed by atoms with van der Waals surface area (Å²) < 4.78 is 0. The summed E-state index contributed by atoms with van der Waals surface area (Å²) in [4.78, 5) is 7.70. The van der Waals surface area contributed by atoms with Crippen molar-refractivity contribution >= 4 is 38.2 Å². The fraction of sp³-hybridized carbons (Fsp3) is 0.190. The molecule has 0 bridgehead atoms. The van der Waals surface area contributed by atoms with Gasteiger partial charge in [-0.05, 0) is 47.9 Å². The maximum atomic E-state index is 4.96. The Morgan fingerprint density at radius 1 is 1.04 bits per heavy atom. The molecule has 25 heavy (non-hydrogen) atoms. The highest BCUT2D eigenvalue weighted by Gasteiger charge is 2.34. The lowest BCUT2D eigenvalue weighted by molar-refractivity contribution is 1.34.